The highest BCUT2D eigenvalue weighted by atomic mass is 32.2. The highest BCUT2D eigenvalue weighted by molar-refractivity contribution is 8.01. The lowest BCUT2D eigenvalue weighted by Gasteiger charge is -2.37. The molecule has 31 heavy (non-hydrogen) atoms. The van der Waals surface area contributed by atoms with Crippen LogP contribution < -0.4 is 0 Å². The van der Waals surface area contributed by atoms with Crippen molar-refractivity contribution >= 4 is 39.6 Å². The van der Waals surface area contributed by atoms with E-state index in [4.69, 9.17) is 9.15 Å². The van der Waals surface area contributed by atoms with E-state index in [9.17, 15) is 22.8 Å². The number of carbonyl (C=O) groups is 3. The number of esters is 1. The number of amides is 2. The Morgan fingerprint density at radius 1 is 1.26 bits per heavy atom. The standard InChI is InChI=1S/C19H25N3O7S2/c1-3-28-18(25)14-4-5-16(29-14)31(26,27)21-10-8-20(9-11-21)17(24)13-12-30-19(2)7-6-15(23)22(13)19/h4-5,13H,3,6-12H2,1-2H3. The average Bonchev–Trinajstić information content (AvgIpc) is 3.44. The van der Waals surface area contributed by atoms with E-state index >= 15 is 0 Å². The van der Waals surface area contributed by atoms with Crippen molar-refractivity contribution in [2.75, 3.05) is 38.5 Å². The maximum atomic E-state index is 13.1. The molecule has 0 spiro atoms. The first-order valence-corrected chi connectivity index (χ1v) is 12.6. The van der Waals surface area contributed by atoms with Crippen molar-refractivity contribution in [2.45, 2.75) is 42.7 Å². The number of hydrogen-bond donors (Lipinski definition) is 0. The fourth-order valence-corrected chi connectivity index (χ4v) is 7.02. The molecule has 3 fully saturated rings. The molecule has 2 amide bonds. The summed E-state index contributed by atoms with van der Waals surface area (Å²) in [6.45, 7) is 4.45. The Morgan fingerprint density at radius 3 is 2.65 bits per heavy atom. The van der Waals surface area contributed by atoms with Gasteiger partial charge in [-0.05, 0) is 32.4 Å². The molecule has 3 saturated heterocycles. The maximum Gasteiger partial charge on any atom is 0.374 e. The first kappa shape index (κ1) is 22.2. The molecule has 4 rings (SSSR count). The van der Waals surface area contributed by atoms with Crippen molar-refractivity contribution in [1.82, 2.24) is 14.1 Å². The molecule has 10 nitrogen and oxygen atoms in total. The van der Waals surface area contributed by atoms with Crippen LogP contribution in [0.15, 0.2) is 21.6 Å². The topological polar surface area (TPSA) is 117 Å². The lowest BCUT2D eigenvalue weighted by Crippen LogP contribution is -2.56. The Kier molecular flexibility index (Phi) is 5.81. The van der Waals surface area contributed by atoms with Gasteiger partial charge in [-0.15, -0.1) is 11.8 Å². The van der Waals surface area contributed by atoms with Gasteiger partial charge < -0.3 is 19.0 Å². The fraction of sp³-hybridized carbons (Fsp3) is 0.632. The first-order chi connectivity index (χ1) is 14.7. The first-order valence-electron chi connectivity index (χ1n) is 10.2. The molecule has 0 N–H and O–H groups in total. The summed E-state index contributed by atoms with van der Waals surface area (Å²) in [5.74, 6) is -0.472. The zero-order valence-corrected chi connectivity index (χ0v) is 19.0. The van der Waals surface area contributed by atoms with Gasteiger partial charge in [0.2, 0.25) is 22.7 Å². The normalized spacial score (nSPS) is 26.9. The van der Waals surface area contributed by atoms with Gasteiger partial charge in [0.1, 0.15) is 6.04 Å². The lowest BCUT2D eigenvalue weighted by atomic mass is 10.2. The number of ether oxygens (including phenoxy) is 1. The smallest absolute Gasteiger partial charge is 0.374 e. The Hall–Kier alpha value is -2.05. The molecule has 2 atom stereocenters. The van der Waals surface area contributed by atoms with Crippen molar-refractivity contribution in [1.29, 1.82) is 0 Å². The summed E-state index contributed by atoms with van der Waals surface area (Å²) in [5, 5.41) is -0.332. The Labute approximate surface area is 184 Å². The summed E-state index contributed by atoms with van der Waals surface area (Å²) in [6, 6.07) is 2.01. The molecule has 2 unspecified atom stereocenters. The summed E-state index contributed by atoms with van der Waals surface area (Å²) < 4.78 is 37.0. The molecule has 0 radical (unpaired) electrons. The number of hydrogen-bond acceptors (Lipinski definition) is 8. The van der Waals surface area contributed by atoms with Gasteiger partial charge in [0.05, 0.1) is 11.5 Å². The highest BCUT2D eigenvalue weighted by Crippen LogP contribution is 2.47. The van der Waals surface area contributed by atoms with Crippen molar-refractivity contribution in [3.63, 3.8) is 0 Å². The minimum Gasteiger partial charge on any atom is -0.460 e. The molecule has 170 valence electrons. The third kappa shape index (κ3) is 3.85. The van der Waals surface area contributed by atoms with Gasteiger partial charge in [-0.1, -0.05) is 0 Å². The summed E-state index contributed by atoms with van der Waals surface area (Å²) in [5.41, 5.74) is 0. The summed E-state index contributed by atoms with van der Waals surface area (Å²) in [4.78, 5) is 40.1. The second-order valence-corrected chi connectivity index (χ2v) is 11.2. The second kappa shape index (κ2) is 8.14. The molecule has 12 heteroatoms. The van der Waals surface area contributed by atoms with Gasteiger partial charge in [-0.25, -0.2) is 13.2 Å². The number of fused-ring (bicyclic) bond motifs is 1. The van der Waals surface area contributed by atoms with Crippen LogP contribution in [-0.2, 0) is 24.3 Å². The number of furan rings is 1. The van der Waals surface area contributed by atoms with E-state index < -0.39 is 22.0 Å². The third-order valence-electron chi connectivity index (χ3n) is 5.93. The van der Waals surface area contributed by atoms with Crippen LogP contribution in [0.1, 0.15) is 37.2 Å². The predicted molar refractivity (Wildman–Crippen MR) is 111 cm³/mol. The second-order valence-electron chi connectivity index (χ2n) is 7.83. The number of rotatable bonds is 5. The van der Waals surface area contributed by atoms with Crippen LogP contribution in [0.25, 0.3) is 0 Å². The van der Waals surface area contributed by atoms with Gasteiger partial charge in [-0.2, -0.15) is 4.31 Å². The molecule has 0 aromatic carbocycles. The SMILES string of the molecule is CCOC(=O)c1ccc(S(=O)(=O)N2CCN(C(=O)C3CSC4(C)CCC(=O)N34)CC2)o1. The Balaban J connectivity index is 1.40. The quantitative estimate of drug-likeness (QED) is 0.577. The Bertz CT molecular complexity index is 1000. The number of thioether (sulfide) groups is 1. The minimum absolute atomic E-state index is 0.00212. The van der Waals surface area contributed by atoms with Crippen LogP contribution in [0, 0.1) is 0 Å². The molecule has 0 saturated carbocycles. The van der Waals surface area contributed by atoms with Gasteiger partial charge in [-0.3, -0.25) is 9.59 Å². The van der Waals surface area contributed by atoms with Gasteiger partial charge in [0, 0.05) is 38.4 Å². The van der Waals surface area contributed by atoms with Crippen LogP contribution in [0.3, 0.4) is 0 Å². The molecular weight excluding hydrogens is 446 g/mol. The van der Waals surface area contributed by atoms with Crippen molar-refractivity contribution in [3.05, 3.63) is 17.9 Å². The lowest BCUT2D eigenvalue weighted by molar-refractivity contribution is -0.144. The third-order valence-corrected chi connectivity index (χ3v) is 9.21. The molecule has 3 aliphatic rings. The van der Waals surface area contributed by atoms with E-state index in [1.54, 1.807) is 28.5 Å². The van der Waals surface area contributed by atoms with Gasteiger partial charge in [0.15, 0.2) is 0 Å². The monoisotopic (exact) mass is 471 g/mol. The largest absolute Gasteiger partial charge is 0.460 e. The van der Waals surface area contributed by atoms with E-state index in [-0.39, 0.29) is 60.3 Å². The van der Waals surface area contributed by atoms with Crippen molar-refractivity contribution in [3.8, 4) is 0 Å². The molecule has 0 bridgehead atoms. The summed E-state index contributed by atoms with van der Waals surface area (Å²) >= 11 is 1.63. The van der Waals surface area contributed by atoms with Crippen LogP contribution in [0.2, 0.25) is 0 Å². The van der Waals surface area contributed by atoms with Crippen molar-refractivity contribution < 1.29 is 32.0 Å². The number of sulfonamides is 1. The number of carbonyl (C=O) groups excluding carboxylic acids is 3. The Morgan fingerprint density at radius 2 is 1.97 bits per heavy atom. The van der Waals surface area contributed by atoms with Crippen LogP contribution in [0.5, 0.6) is 0 Å². The summed E-state index contributed by atoms with van der Waals surface area (Å²) in [6.07, 6.45) is 1.19. The van der Waals surface area contributed by atoms with E-state index in [0.717, 1.165) is 6.42 Å². The molecule has 1 aromatic heterocycles. The van der Waals surface area contributed by atoms with Crippen LogP contribution >= 0.6 is 11.8 Å². The minimum atomic E-state index is -3.94. The summed E-state index contributed by atoms with van der Waals surface area (Å²) in [7, 11) is -3.94. The maximum absolute atomic E-state index is 13.1. The predicted octanol–water partition coefficient (Wildman–Crippen LogP) is 0.743. The van der Waals surface area contributed by atoms with E-state index in [2.05, 4.69) is 0 Å². The van der Waals surface area contributed by atoms with E-state index in [0.29, 0.717) is 12.2 Å². The molecule has 4 heterocycles. The number of nitrogens with zero attached hydrogens (tertiary/aromatic N) is 3. The van der Waals surface area contributed by atoms with Gasteiger partial charge >= 0.3 is 5.97 Å². The number of piperazine rings is 1. The zero-order chi connectivity index (χ0) is 22.4. The molecule has 1 aromatic rings. The van der Waals surface area contributed by atoms with Crippen LogP contribution in [0.4, 0.5) is 0 Å². The van der Waals surface area contributed by atoms with Crippen molar-refractivity contribution in [2.24, 2.45) is 0 Å². The van der Waals surface area contributed by atoms with E-state index in [1.807, 2.05) is 6.92 Å². The highest BCUT2D eigenvalue weighted by Gasteiger charge is 2.53. The van der Waals surface area contributed by atoms with Gasteiger partial charge in [0.25, 0.3) is 10.0 Å². The van der Waals surface area contributed by atoms with Crippen LogP contribution in [-0.4, -0.2) is 89.8 Å². The molecule has 0 aliphatic carbocycles. The average molecular weight is 472 g/mol. The van der Waals surface area contributed by atoms with E-state index in [1.165, 1.54) is 16.4 Å². The fourth-order valence-electron chi connectivity index (χ4n) is 4.26. The molecule has 3 aliphatic heterocycles. The molecular formula is C19H25N3O7S2. The zero-order valence-electron chi connectivity index (χ0n) is 17.4.